The molecule has 0 unspecified atom stereocenters. The maximum atomic E-state index is 11.2. The fourth-order valence-corrected chi connectivity index (χ4v) is 2.02. The molecule has 0 aromatic heterocycles. The molecule has 3 nitrogen and oxygen atoms in total. The van der Waals surface area contributed by atoms with Crippen molar-refractivity contribution in [3.8, 4) is 0 Å². The number of anilines is 1. The van der Waals surface area contributed by atoms with Crippen LogP contribution in [-0.2, 0) is 4.79 Å². The van der Waals surface area contributed by atoms with Crippen LogP contribution < -0.4 is 4.90 Å². The van der Waals surface area contributed by atoms with Crippen LogP contribution in [-0.4, -0.2) is 23.7 Å². The zero-order chi connectivity index (χ0) is 13.0. The van der Waals surface area contributed by atoms with Gasteiger partial charge in [-0.15, -0.1) is 0 Å². The Morgan fingerprint density at radius 2 is 1.94 bits per heavy atom. The van der Waals surface area contributed by atoms with Crippen LogP contribution in [0.2, 0.25) is 0 Å². The molecule has 17 heavy (non-hydrogen) atoms. The molecule has 3 heteroatoms. The fraction of sp³-hybridized carbons (Fsp3) is 0.500. The summed E-state index contributed by atoms with van der Waals surface area (Å²) in [5, 5.41) is 9.22. The topological polar surface area (TPSA) is 40.5 Å². The van der Waals surface area contributed by atoms with E-state index in [-0.39, 0.29) is 0 Å². The van der Waals surface area contributed by atoms with Gasteiger partial charge < -0.3 is 10.0 Å². The molecular formula is C14H21NO2. The van der Waals surface area contributed by atoms with Gasteiger partial charge in [0.05, 0.1) is 0 Å². The predicted molar refractivity (Wildman–Crippen MR) is 70.7 cm³/mol. The Morgan fingerprint density at radius 1 is 1.29 bits per heavy atom. The second-order valence-corrected chi connectivity index (χ2v) is 4.32. The van der Waals surface area contributed by atoms with E-state index in [2.05, 4.69) is 13.0 Å². The molecule has 94 valence electrons. The summed E-state index contributed by atoms with van der Waals surface area (Å²) in [6.45, 7) is 8.70. The normalized spacial score (nSPS) is 12.2. The minimum Gasteiger partial charge on any atom is -0.480 e. The summed E-state index contributed by atoms with van der Waals surface area (Å²) in [6.07, 6.45) is 0.607. The van der Waals surface area contributed by atoms with E-state index in [0.717, 1.165) is 5.69 Å². The van der Waals surface area contributed by atoms with E-state index in [4.69, 9.17) is 0 Å². The summed E-state index contributed by atoms with van der Waals surface area (Å²) in [7, 11) is 0. The van der Waals surface area contributed by atoms with Crippen LogP contribution in [0.4, 0.5) is 5.69 Å². The van der Waals surface area contributed by atoms with Crippen LogP contribution in [0.25, 0.3) is 0 Å². The summed E-state index contributed by atoms with van der Waals surface area (Å²) in [6, 6.07) is 5.66. The van der Waals surface area contributed by atoms with Gasteiger partial charge in [-0.3, -0.25) is 0 Å². The largest absolute Gasteiger partial charge is 0.480 e. The van der Waals surface area contributed by atoms with Gasteiger partial charge >= 0.3 is 5.97 Å². The second-order valence-electron chi connectivity index (χ2n) is 4.32. The quantitative estimate of drug-likeness (QED) is 0.853. The number of carboxylic acids is 1. The minimum absolute atomic E-state index is 0.442. The van der Waals surface area contributed by atoms with Crippen LogP contribution in [0.3, 0.4) is 0 Å². The molecule has 0 fully saturated rings. The van der Waals surface area contributed by atoms with Crippen molar-refractivity contribution in [2.45, 2.75) is 40.2 Å². The van der Waals surface area contributed by atoms with E-state index in [0.29, 0.717) is 13.0 Å². The summed E-state index contributed by atoms with van der Waals surface area (Å²) in [4.78, 5) is 13.2. The van der Waals surface area contributed by atoms with Gasteiger partial charge in [-0.05, 0) is 50.5 Å². The number of nitrogens with zero attached hydrogens (tertiary/aromatic N) is 1. The lowest BCUT2D eigenvalue weighted by Gasteiger charge is -2.29. The third-order valence-corrected chi connectivity index (χ3v) is 3.21. The van der Waals surface area contributed by atoms with Crippen molar-refractivity contribution >= 4 is 11.7 Å². The molecule has 0 aliphatic rings. The lowest BCUT2D eigenvalue weighted by Crippen LogP contribution is -2.40. The Labute approximate surface area is 103 Å². The number of benzene rings is 1. The maximum Gasteiger partial charge on any atom is 0.326 e. The van der Waals surface area contributed by atoms with Gasteiger partial charge in [-0.25, -0.2) is 4.79 Å². The molecule has 1 aromatic rings. The van der Waals surface area contributed by atoms with Crippen molar-refractivity contribution in [2.24, 2.45) is 0 Å². The van der Waals surface area contributed by atoms with E-state index in [1.54, 1.807) is 0 Å². The Morgan fingerprint density at radius 3 is 2.35 bits per heavy atom. The molecule has 0 saturated heterocycles. The Kier molecular flexibility index (Phi) is 4.55. The van der Waals surface area contributed by atoms with Crippen LogP contribution in [0.5, 0.6) is 0 Å². The first-order chi connectivity index (χ1) is 8.01. The number of likely N-dealkylation sites (N-methyl/N-ethyl adjacent to an activating group) is 1. The molecule has 0 heterocycles. The van der Waals surface area contributed by atoms with E-state index >= 15 is 0 Å². The van der Waals surface area contributed by atoms with E-state index in [1.165, 1.54) is 11.1 Å². The van der Waals surface area contributed by atoms with E-state index in [1.807, 2.05) is 37.8 Å². The standard InChI is InChI=1S/C14H21NO2/c1-5-13(14(16)17)15(6-2)12-8-7-10(3)11(4)9-12/h7-9,13H,5-6H2,1-4H3,(H,16,17)/t13-/m1/s1. The first-order valence-corrected chi connectivity index (χ1v) is 6.07. The molecule has 1 rings (SSSR count). The molecular weight excluding hydrogens is 214 g/mol. The van der Waals surface area contributed by atoms with Gasteiger partial charge in [0.25, 0.3) is 0 Å². The van der Waals surface area contributed by atoms with Crippen molar-refractivity contribution < 1.29 is 9.90 Å². The summed E-state index contributed by atoms with van der Waals surface area (Å²) in [5.74, 6) is -0.757. The van der Waals surface area contributed by atoms with Gasteiger partial charge in [0.15, 0.2) is 0 Å². The number of carbonyl (C=O) groups is 1. The smallest absolute Gasteiger partial charge is 0.326 e. The third-order valence-electron chi connectivity index (χ3n) is 3.21. The first kappa shape index (κ1) is 13.6. The Hall–Kier alpha value is -1.51. The maximum absolute atomic E-state index is 11.2. The van der Waals surface area contributed by atoms with Crippen LogP contribution >= 0.6 is 0 Å². The Balaban J connectivity index is 3.08. The van der Waals surface area contributed by atoms with Crippen molar-refractivity contribution in [1.82, 2.24) is 0 Å². The number of aliphatic carboxylic acids is 1. The van der Waals surface area contributed by atoms with Crippen molar-refractivity contribution in [1.29, 1.82) is 0 Å². The van der Waals surface area contributed by atoms with Crippen molar-refractivity contribution in [3.63, 3.8) is 0 Å². The molecule has 0 aliphatic carbocycles. The van der Waals surface area contributed by atoms with Crippen molar-refractivity contribution in [3.05, 3.63) is 29.3 Å². The van der Waals surface area contributed by atoms with E-state index < -0.39 is 12.0 Å². The van der Waals surface area contributed by atoms with Gasteiger partial charge in [0, 0.05) is 12.2 Å². The highest BCUT2D eigenvalue weighted by Crippen LogP contribution is 2.22. The molecule has 1 N–H and O–H groups in total. The number of rotatable bonds is 5. The van der Waals surface area contributed by atoms with Crippen LogP contribution in [0, 0.1) is 13.8 Å². The molecule has 0 radical (unpaired) electrons. The van der Waals surface area contributed by atoms with Gasteiger partial charge in [0.1, 0.15) is 6.04 Å². The molecule has 0 spiro atoms. The highest BCUT2D eigenvalue weighted by molar-refractivity contribution is 5.78. The zero-order valence-electron chi connectivity index (χ0n) is 11.0. The SMILES string of the molecule is CC[C@H](C(=O)O)N(CC)c1ccc(C)c(C)c1. The van der Waals surface area contributed by atoms with Gasteiger partial charge in [-0.2, -0.15) is 0 Å². The highest BCUT2D eigenvalue weighted by atomic mass is 16.4. The van der Waals surface area contributed by atoms with Crippen LogP contribution in [0.15, 0.2) is 18.2 Å². The van der Waals surface area contributed by atoms with E-state index in [9.17, 15) is 9.90 Å². The molecule has 1 aromatic carbocycles. The van der Waals surface area contributed by atoms with Crippen LogP contribution in [0.1, 0.15) is 31.4 Å². The first-order valence-electron chi connectivity index (χ1n) is 6.07. The Bertz CT molecular complexity index is 401. The molecule has 0 bridgehead atoms. The fourth-order valence-electron chi connectivity index (χ4n) is 2.02. The monoisotopic (exact) mass is 235 g/mol. The number of hydrogen-bond donors (Lipinski definition) is 1. The lowest BCUT2D eigenvalue weighted by atomic mass is 10.1. The van der Waals surface area contributed by atoms with Crippen molar-refractivity contribution in [2.75, 3.05) is 11.4 Å². The lowest BCUT2D eigenvalue weighted by molar-refractivity contribution is -0.138. The zero-order valence-corrected chi connectivity index (χ0v) is 11.0. The highest BCUT2D eigenvalue weighted by Gasteiger charge is 2.22. The van der Waals surface area contributed by atoms with Gasteiger partial charge in [-0.1, -0.05) is 13.0 Å². The molecule has 0 amide bonds. The number of carboxylic acid groups (broad SMARTS) is 1. The molecule has 0 aliphatic heterocycles. The second kappa shape index (κ2) is 5.71. The molecule has 1 atom stereocenters. The summed E-state index contributed by atoms with van der Waals surface area (Å²) < 4.78 is 0. The average Bonchev–Trinajstić information content (AvgIpc) is 2.29. The average molecular weight is 235 g/mol. The summed E-state index contributed by atoms with van der Waals surface area (Å²) >= 11 is 0. The van der Waals surface area contributed by atoms with Gasteiger partial charge in [0.2, 0.25) is 0 Å². The molecule has 0 saturated carbocycles. The third kappa shape index (κ3) is 2.99. The predicted octanol–water partition coefficient (Wildman–Crippen LogP) is 2.99. The summed E-state index contributed by atoms with van der Waals surface area (Å²) in [5.41, 5.74) is 3.42. The number of aryl methyl sites for hydroxylation is 2. The number of hydrogen-bond acceptors (Lipinski definition) is 2. The minimum atomic E-state index is -0.757.